The van der Waals surface area contributed by atoms with Crippen molar-refractivity contribution >= 4 is 22.5 Å². The summed E-state index contributed by atoms with van der Waals surface area (Å²) in [5.41, 5.74) is 3.70. The molecule has 4 heteroatoms. The van der Waals surface area contributed by atoms with Crippen molar-refractivity contribution in [2.75, 3.05) is 13.2 Å². The van der Waals surface area contributed by atoms with E-state index in [1.54, 1.807) is 0 Å². The number of fused-ring (bicyclic) bond motifs is 1. The predicted octanol–water partition coefficient (Wildman–Crippen LogP) is 3.42. The third-order valence-corrected chi connectivity index (χ3v) is 4.03. The maximum absolute atomic E-state index is 8.87. The summed E-state index contributed by atoms with van der Waals surface area (Å²) in [6, 6.07) is 16.5. The molecule has 0 radical (unpaired) electrons. The average Bonchev–Trinajstić information content (AvgIpc) is 2.94. The summed E-state index contributed by atoms with van der Waals surface area (Å²) in [4.78, 5) is 0. The van der Waals surface area contributed by atoms with E-state index in [0.717, 1.165) is 18.1 Å². The van der Waals surface area contributed by atoms with Gasteiger partial charge in [-0.2, -0.15) is 0 Å². The standard InChI is InChI=1S/C18H19ClN2O/c19-16-6-4-14(5-7-16)13-21-10-8-17-15(12-20-9-11-22)2-1-3-18(17)21/h1-8,10,20,22H,9,11-13H2. The summed E-state index contributed by atoms with van der Waals surface area (Å²) in [5, 5.41) is 14.1. The maximum Gasteiger partial charge on any atom is 0.0556 e. The lowest BCUT2D eigenvalue weighted by Gasteiger charge is -2.08. The highest BCUT2D eigenvalue weighted by atomic mass is 35.5. The number of aliphatic hydroxyl groups is 1. The van der Waals surface area contributed by atoms with Crippen molar-refractivity contribution in [3.05, 3.63) is 70.9 Å². The van der Waals surface area contributed by atoms with Crippen LogP contribution in [0.3, 0.4) is 0 Å². The van der Waals surface area contributed by atoms with Crippen LogP contribution in [0, 0.1) is 0 Å². The van der Waals surface area contributed by atoms with Gasteiger partial charge in [-0.1, -0.05) is 35.9 Å². The van der Waals surface area contributed by atoms with Crippen molar-refractivity contribution in [3.63, 3.8) is 0 Å². The first-order valence-corrected chi connectivity index (χ1v) is 7.78. The fraction of sp³-hybridized carbons (Fsp3) is 0.222. The van der Waals surface area contributed by atoms with Crippen molar-refractivity contribution in [1.29, 1.82) is 0 Å². The second kappa shape index (κ2) is 6.97. The fourth-order valence-corrected chi connectivity index (χ4v) is 2.79. The molecule has 3 aromatic rings. The Morgan fingerprint density at radius 3 is 2.64 bits per heavy atom. The topological polar surface area (TPSA) is 37.2 Å². The Balaban J connectivity index is 1.85. The van der Waals surface area contributed by atoms with Crippen LogP contribution in [-0.4, -0.2) is 22.8 Å². The fourth-order valence-electron chi connectivity index (χ4n) is 2.67. The van der Waals surface area contributed by atoms with Crippen LogP contribution in [0.1, 0.15) is 11.1 Å². The number of rotatable bonds is 6. The van der Waals surface area contributed by atoms with Crippen LogP contribution >= 0.6 is 11.6 Å². The number of aliphatic hydroxyl groups excluding tert-OH is 1. The van der Waals surface area contributed by atoms with Gasteiger partial charge in [-0.25, -0.2) is 0 Å². The van der Waals surface area contributed by atoms with Crippen LogP contribution in [0.5, 0.6) is 0 Å². The van der Waals surface area contributed by atoms with Gasteiger partial charge in [-0.05, 0) is 35.4 Å². The molecule has 0 aliphatic carbocycles. The van der Waals surface area contributed by atoms with Crippen molar-refractivity contribution < 1.29 is 5.11 Å². The minimum Gasteiger partial charge on any atom is -0.395 e. The largest absolute Gasteiger partial charge is 0.395 e. The second-order valence-electron chi connectivity index (χ2n) is 5.32. The number of benzene rings is 2. The second-order valence-corrected chi connectivity index (χ2v) is 5.76. The monoisotopic (exact) mass is 314 g/mol. The minimum absolute atomic E-state index is 0.160. The molecule has 3 nitrogen and oxygen atoms in total. The molecule has 0 spiro atoms. The summed E-state index contributed by atoms with van der Waals surface area (Å²) in [7, 11) is 0. The molecule has 0 amide bonds. The molecule has 114 valence electrons. The maximum atomic E-state index is 8.87. The van der Waals surface area contributed by atoms with Crippen LogP contribution in [0.4, 0.5) is 0 Å². The molecule has 3 rings (SSSR count). The van der Waals surface area contributed by atoms with E-state index in [1.165, 1.54) is 22.0 Å². The van der Waals surface area contributed by atoms with E-state index in [2.05, 4.69) is 52.5 Å². The Kier molecular flexibility index (Phi) is 4.78. The first-order valence-electron chi connectivity index (χ1n) is 7.40. The molecule has 1 heterocycles. The van der Waals surface area contributed by atoms with E-state index in [1.807, 2.05) is 12.1 Å². The van der Waals surface area contributed by atoms with E-state index in [0.29, 0.717) is 6.54 Å². The van der Waals surface area contributed by atoms with E-state index in [-0.39, 0.29) is 6.61 Å². The SMILES string of the molecule is OCCNCc1cccc2c1ccn2Cc1ccc(Cl)cc1. The van der Waals surface area contributed by atoms with Crippen molar-refractivity contribution in [3.8, 4) is 0 Å². The number of hydrogen-bond acceptors (Lipinski definition) is 2. The third kappa shape index (κ3) is 3.33. The van der Waals surface area contributed by atoms with E-state index >= 15 is 0 Å². The summed E-state index contributed by atoms with van der Waals surface area (Å²) in [6.45, 7) is 2.37. The van der Waals surface area contributed by atoms with Crippen LogP contribution in [0.2, 0.25) is 5.02 Å². The molecule has 0 unspecified atom stereocenters. The van der Waals surface area contributed by atoms with Gasteiger partial charge in [0.1, 0.15) is 0 Å². The highest BCUT2D eigenvalue weighted by molar-refractivity contribution is 6.30. The highest BCUT2D eigenvalue weighted by Gasteiger charge is 2.06. The smallest absolute Gasteiger partial charge is 0.0556 e. The van der Waals surface area contributed by atoms with Crippen molar-refractivity contribution in [2.45, 2.75) is 13.1 Å². The molecule has 2 N–H and O–H groups in total. The molecule has 0 bridgehead atoms. The first-order chi connectivity index (χ1) is 10.8. The summed E-state index contributed by atoms with van der Waals surface area (Å²) in [5.74, 6) is 0. The van der Waals surface area contributed by atoms with Gasteiger partial charge in [-0.15, -0.1) is 0 Å². The number of halogens is 1. The molecule has 1 aromatic heterocycles. The molecular weight excluding hydrogens is 296 g/mol. The van der Waals surface area contributed by atoms with Gasteiger partial charge < -0.3 is 15.0 Å². The van der Waals surface area contributed by atoms with Gasteiger partial charge >= 0.3 is 0 Å². The van der Waals surface area contributed by atoms with Gasteiger partial charge in [0.2, 0.25) is 0 Å². The molecule has 22 heavy (non-hydrogen) atoms. The van der Waals surface area contributed by atoms with Gasteiger partial charge in [0.15, 0.2) is 0 Å². The average molecular weight is 315 g/mol. The van der Waals surface area contributed by atoms with Gasteiger partial charge in [0.25, 0.3) is 0 Å². The number of hydrogen-bond donors (Lipinski definition) is 2. The molecule has 2 aromatic carbocycles. The predicted molar refractivity (Wildman–Crippen MR) is 91.3 cm³/mol. The van der Waals surface area contributed by atoms with Crippen LogP contribution in [0.15, 0.2) is 54.7 Å². The molecule has 0 atom stereocenters. The van der Waals surface area contributed by atoms with E-state index < -0.39 is 0 Å². The Labute approximate surface area is 135 Å². The lowest BCUT2D eigenvalue weighted by atomic mass is 10.1. The molecule has 0 saturated carbocycles. The van der Waals surface area contributed by atoms with Gasteiger partial charge in [0.05, 0.1) is 6.61 Å². The minimum atomic E-state index is 0.160. The molecule has 0 aliphatic heterocycles. The molecular formula is C18H19ClN2O. The Morgan fingerprint density at radius 1 is 1.05 bits per heavy atom. The molecule has 0 fully saturated rings. The lowest BCUT2D eigenvalue weighted by Crippen LogP contribution is -2.17. The first kappa shape index (κ1) is 15.1. The molecule has 0 saturated heterocycles. The summed E-state index contributed by atoms with van der Waals surface area (Å²) in [6.07, 6.45) is 2.12. The van der Waals surface area contributed by atoms with Crippen molar-refractivity contribution in [2.24, 2.45) is 0 Å². The van der Waals surface area contributed by atoms with Crippen LogP contribution in [0.25, 0.3) is 10.9 Å². The normalized spacial score (nSPS) is 11.2. The zero-order chi connectivity index (χ0) is 15.4. The van der Waals surface area contributed by atoms with Crippen LogP contribution < -0.4 is 5.32 Å². The zero-order valence-corrected chi connectivity index (χ0v) is 13.1. The van der Waals surface area contributed by atoms with E-state index in [4.69, 9.17) is 16.7 Å². The molecule has 0 aliphatic rings. The number of nitrogens with zero attached hydrogens (tertiary/aromatic N) is 1. The zero-order valence-electron chi connectivity index (χ0n) is 12.3. The van der Waals surface area contributed by atoms with E-state index in [9.17, 15) is 0 Å². The quantitative estimate of drug-likeness (QED) is 0.684. The van der Waals surface area contributed by atoms with Gasteiger partial charge in [0, 0.05) is 41.8 Å². The third-order valence-electron chi connectivity index (χ3n) is 3.77. The van der Waals surface area contributed by atoms with Gasteiger partial charge in [-0.3, -0.25) is 0 Å². The number of aromatic nitrogens is 1. The highest BCUT2D eigenvalue weighted by Crippen LogP contribution is 2.21. The summed E-state index contributed by atoms with van der Waals surface area (Å²) >= 11 is 5.94. The van der Waals surface area contributed by atoms with Crippen molar-refractivity contribution in [1.82, 2.24) is 9.88 Å². The lowest BCUT2D eigenvalue weighted by molar-refractivity contribution is 0.292. The Morgan fingerprint density at radius 2 is 1.86 bits per heavy atom. The summed E-state index contributed by atoms with van der Waals surface area (Å²) < 4.78 is 2.24. The van der Waals surface area contributed by atoms with Crippen LogP contribution in [-0.2, 0) is 13.1 Å². The Hall–Kier alpha value is -1.81. The Bertz CT molecular complexity index is 749. The number of nitrogens with one attached hydrogen (secondary N) is 1.